The molecule has 3 unspecified atom stereocenters. The first-order chi connectivity index (χ1) is 8.80. The van der Waals surface area contributed by atoms with Crippen molar-refractivity contribution in [3.63, 3.8) is 0 Å². The number of esters is 1. The van der Waals surface area contributed by atoms with Gasteiger partial charge < -0.3 is 4.74 Å². The molecule has 2 aliphatic rings. The molecule has 0 N–H and O–H groups in total. The summed E-state index contributed by atoms with van der Waals surface area (Å²) in [7, 11) is 0. The predicted octanol–water partition coefficient (Wildman–Crippen LogP) is 2.50. The molecule has 2 rings (SSSR count). The Balaban J connectivity index is 2.04. The number of ketones is 1. The van der Waals surface area contributed by atoms with Gasteiger partial charge in [0.15, 0.2) is 5.78 Å². The second-order valence-electron chi connectivity index (χ2n) is 6.18. The highest BCUT2D eigenvalue weighted by molar-refractivity contribution is 6.00. The van der Waals surface area contributed by atoms with E-state index in [-0.39, 0.29) is 29.5 Å². The van der Waals surface area contributed by atoms with Gasteiger partial charge in [0.1, 0.15) is 6.10 Å². The van der Waals surface area contributed by atoms with Crippen LogP contribution in [0, 0.1) is 29.6 Å². The Bertz CT molecular complexity index is 505. The van der Waals surface area contributed by atoms with Gasteiger partial charge in [-0.05, 0) is 23.8 Å². The fourth-order valence-electron chi connectivity index (χ4n) is 2.94. The standard InChI is InChI=1S/C16H20O3/c1-6-7-11-9(2)13(8-12(11)17)19-15(18)14-10(3)16(14,4)5/h1,10,13-14H,7-8H2,2-5H3. The van der Waals surface area contributed by atoms with Crippen LogP contribution >= 0.6 is 0 Å². The number of terminal acetylenes is 1. The maximum absolute atomic E-state index is 12.1. The molecule has 1 saturated carbocycles. The van der Waals surface area contributed by atoms with Crippen molar-refractivity contribution in [2.24, 2.45) is 17.3 Å². The first-order valence-corrected chi connectivity index (χ1v) is 6.67. The van der Waals surface area contributed by atoms with Crippen LogP contribution in [0.15, 0.2) is 11.1 Å². The van der Waals surface area contributed by atoms with Gasteiger partial charge in [0, 0.05) is 12.0 Å². The van der Waals surface area contributed by atoms with Gasteiger partial charge in [-0.15, -0.1) is 12.3 Å². The SMILES string of the molecule is C#CCC1=C(C)C(OC(=O)C2C(C)C2(C)C)CC1=O. The van der Waals surface area contributed by atoms with Crippen LogP contribution in [-0.2, 0) is 14.3 Å². The van der Waals surface area contributed by atoms with E-state index in [4.69, 9.17) is 11.2 Å². The number of ether oxygens (including phenoxy) is 1. The predicted molar refractivity (Wildman–Crippen MR) is 72.1 cm³/mol. The van der Waals surface area contributed by atoms with E-state index >= 15 is 0 Å². The Kier molecular flexibility index (Phi) is 3.30. The lowest BCUT2D eigenvalue weighted by Crippen LogP contribution is -2.20. The van der Waals surface area contributed by atoms with Gasteiger partial charge in [0.25, 0.3) is 0 Å². The van der Waals surface area contributed by atoms with Crippen molar-refractivity contribution in [2.45, 2.75) is 46.6 Å². The number of hydrogen-bond donors (Lipinski definition) is 0. The monoisotopic (exact) mass is 260 g/mol. The van der Waals surface area contributed by atoms with Crippen LogP contribution in [0.3, 0.4) is 0 Å². The van der Waals surface area contributed by atoms with Crippen molar-refractivity contribution >= 4 is 11.8 Å². The average Bonchev–Trinajstić information content (AvgIpc) is 2.71. The van der Waals surface area contributed by atoms with Crippen LogP contribution in [0.2, 0.25) is 0 Å². The van der Waals surface area contributed by atoms with E-state index in [1.807, 2.05) is 6.92 Å². The zero-order chi connectivity index (χ0) is 14.4. The Morgan fingerprint density at radius 3 is 2.58 bits per heavy atom. The molecule has 0 aliphatic heterocycles. The van der Waals surface area contributed by atoms with Crippen LogP contribution in [-0.4, -0.2) is 17.9 Å². The Hall–Kier alpha value is -1.56. The number of carbonyl (C=O) groups is 2. The van der Waals surface area contributed by atoms with E-state index < -0.39 is 6.10 Å². The molecule has 2 aliphatic carbocycles. The van der Waals surface area contributed by atoms with Gasteiger partial charge in [-0.1, -0.05) is 20.8 Å². The summed E-state index contributed by atoms with van der Waals surface area (Å²) >= 11 is 0. The van der Waals surface area contributed by atoms with Crippen molar-refractivity contribution in [3.05, 3.63) is 11.1 Å². The van der Waals surface area contributed by atoms with Gasteiger partial charge in [0.2, 0.25) is 0 Å². The maximum atomic E-state index is 12.1. The third kappa shape index (κ3) is 2.20. The summed E-state index contributed by atoms with van der Waals surface area (Å²) in [5.41, 5.74) is 1.48. The maximum Gasteiger partial charge on any atom is 0.310 e. The summed E-state index contributed by atoms with van der Waals surface area (Å²) < 4.78 is 5.51. The molecule has 0 heterocycles. The average molecular weight is 260 g/mol. The fourth-order valence-corrected chi connectivity index (χ4v) is 2.94. The smallest absolute Gasteiger partial charge is 0.310 e. The normalized spacial score (nSPS) is 32.2. The molecule has 0 aromatic heterocycles. The topological polar surface area (TPSA) is 43.4 Å². The molecule has 102 valence electrons. The summed E-state index contributed by atoms with van der Waals surface area (Å²) in [5, 5.41) is 0. The van der Waals surface area contributed by atoms with Crippen molar-refractivity contribution in [1.29, 1.82) is 0 Å². The molecular weight excluding hydrogens is 240 g/mol. The molecule has 0 saturated heterocycles. The quantitative estimate of drug-likeness (QED) is 0.578. The molecule has 19 heavy (non-hydrogen) atoms. The first kappa shape index (κ1) is 13.9. The molecule has 0 spiro atoms. The highest BCUT2D eigenvalue weighted by Gasteiger charge is 2.60. The second-order valence-corrected chi connectivity index (χ2v) is 6.18. The zero-order valence-corrected chi connectivity index (χ0v) is 11.9. The number of carbonyl (C=O) groups excluding carboxylic acids is 2. The first-order valence-electron chi connectivity index (χ1n) is 6.67. The number of hydrogen-bond acceptors (Lipinski definition) is 3. The van der Waals surface area contributed by atoms with Crippen LogP contribution < -0.4 is 0 Å². The number of allylic oxidation sites excluding steroid dienone is 1. The summed E-state index contributed by atoms with van der Waals surface area (Å²) in [6.45, 7) is 8.01. The van der Waals surface area contributed by atoms with Crippen LogP contribution in [0.25, 0.3) is 0 Å². The van der Waals surface area contributed by atoms with Gasteiger partial charge in [0.05, 0.1) is 12.3 Å². The third-order valence-corrected chi connectivity index (χ3v) is 4.82. The Labute approximate surface area is 114 Å². The minimum absolute atomic E-state index is 0.0105. The third-order valence-electron chi connectivity index (χ3n) is 4.82. The van der Waals surface area contributed by atoms with E-state index in [2.05, 4.69) is 26.7 Å². The minimum Gasteiger partial charge on any atom is -0.457 e. The molecule has 3 nitrogen and oxygen atoms in total. The molecule has 0 amide bonds. The molecule has 0 aromatic carbocycles. The van der Waals surface area contributed by atoms with E-state index in [9.17, 15) is 9.59 Å². The highest BCUT2D eigenvalue weighted by Crippen LogP contribution is 2.58. The molecule has 1 fully saturated rings. The molecule has 0 radical (unpaired) electrons. The molecule has 0 aromatic rings. The Morgan fingerprint density at radius 2 is 2.11 bits per heavy atom. The van der Waals surface area contributed by atoms with Gasteiger partial charge in [-0.2, -0.15) is 0 Å². The van der Waals surface area contributed by atoms with E-state index in [0.717, 1.165) is 5.57 Å². The summed E-state index contributed by atoms with van der Waals surface area (Å²) in [5.74, 6) is 2.60. The van der Waals surface area contributed by atoms with Crippen LogP contribution in [0.1, 0.15) is 40.5 Å². The van der Waals surface area contributed by atoms with Crippen LogP contribution in [0.5, 0.6) is 0 Å². The second kappa shape index (κ2) is 4.52. The van der Waals surface area contributed by atoms with Crippen molar-refractivity contribution in [2.75, 3.05) is 0 Å². The summed E-state index contributed by atoms with van der Waals surface area (Å²) in [4.78, 5) is 23.9. The number of rotatable bonds is 3. The van der Waals surface area contributed by atoms with Gasteiger partial charge in [-0.25, -0.2) is 0 Å². The molecule has 0 bridgehead atoms. The lowest BCUT2D eigenvalue weighted by molar-refractivity contribution is -0.150. The van der Waals surface area contributed by atoms with E-state index in [1.54, 1.807) is 0 Å². The van der Waals surface area contributed by atoms with Gasteiger partial charge >= 0.3 is 5.97 Å². The Morgan fingerprint density at radius 1 is 1.53 bits per heavy atom. The molecular formula is C16H20O3. The number of Topliss-reactive ketones (excluding diaryl/α,β-unsaturated/α-hetero) is 1. The molecule has 3 atom stereocenters. The lowest BCUT2D eigenvalue weighted by Gasteiger charge is -2.13. The largest absolute Gasteiger partial charge is 0.457 e. The van der Waals surface area contributed by atoms with Crippen molar-refractivity contribution in [3.8, 4) is 12.3 Å². The summed E-state index contributed by atoms with van der Waals surface area (Å²) in [6, 6.07) is 0. The summed E-state index contributed by atoms with van der Waals surface area (Å²) in [6.07, 6.45) is 5.41. The fraction of sp³-hybridized carbons (Fsp3) is 0.625. The van der Waals surface area contributed by atoms with Crippen LogP contribution in [0.4, 0.5) is 0 Å². The van der Waals surface area contributed by atoms with Crippen molar-refractivity contribution < 1.29 is 14.3 Å². The van der Waals surface area contributed by atoms with Crippen molar-refractivity contribution in [1.82, 2.24) is 0 Å². The minimum atomic E-state index is -0.410. The highest BCUT2D eigenvalue weighted by atomic mass is 16.5. The van der Waals surface area contributed by atoms with Gasteiger partial charge in [-0.3, -0.25) is 9.59 Å². The van der Waals surface area contributed by atoms with E-state index in [0.29, 0.717) is 17.9 Å². The lowest BCUT2D eigenvalue weighted by atomic mass is 10.1. The zero-order valence-electron chi connectivity index (χ0n) is 11.9. The van der Waals surface area contributed by atoms with E-state index in [1.165, 1.54) is 0 Å². The molecule has 3 heteroatoms.